The molecule has 158 valence electrons. The summed E-state index contributed by atoms with van der Waals surface area (Å²) in [5.74, 6) is 0. The molecule has 4 nitrogen and oxygen atoms in total. The molecule has 6 heteroatoms. The molecule has 1 atom stereocenters. The molecule has 0 aliphatic rings. The van der Waals surface area contributed by atoms with Gasteiger partial charge in [0.25, 0.3) is 0 Å². The lowest BCUT2D eigenvalue weighted by Crippen LogP contribution is -2.36. The van der Waals surface area contributed by atoms with E-state index in [1.165, 1.54) is 57.6 Å². The largest absolute Gasteiger partial charge is 0.474 e. The molecule has 0 saturated heterocycles. The van der Waals surface area contributed by atoms with Crippen molar-refractivity contribution in [2.75, 3.05) is 6.26 Å². The van der Waals surface area contributed by atoms with Crippen molar-refractivity contribution < 1.29 is 12.8 Å². The number of nitrogens with one attached hydrogen (secondary N) is 1. The fourth-order valence-corrected chi connectivity index (χ4v) is 5.10. The van der Waals surface area contributed by atoms with Crippen LogP contribution in [0.2, 0.25) is 19.6 Å². The van der Waals surface area contributed by atoms with Crippen molar-refractivity contribution in [2.45, 2.75) is 103 Å². The quantitative estimate of drug-likeness (QED) is 0.294. The number of furan rings is 1. The van der Waals surface area contributed by atoms with Crippen molar-refractivity contribution in [2.24, 2.45) is 0 Å². The molecular weight excluding hydrogens is 374 g/mol. The van der Waals surface area contributed by atoms with Gasteiger partial charge in [-0.3, -0.25) is 0 Å². The van der Waals surface area contributed by atoms with Gasteiger partial charge >= 0.3 is 0 Å². The van der Waals surface area contributed by atoms with Crippen LogP contribution in [0.1, 0.15) is 89.2 Å². The number of hydrogen-bond donors (Lipinski definition) is 1. The summed E-state index contributed by atoms with van der Waals surface area (Å²) in [6, 6.07) is 1.88. The summed E-state index contributed by atoms with van der Waals surface area (Å²) in [5, 5.41) is 1.03. The predicted molar refractivity (Wildman–Crippen MR) is 119 cm³/mol. The van der Waals surface area contributed by atoms with E-state index in [2.05, 4.69) is 37.4 Å². The molecule has 1 heterocycles. The Bertz CT molecular complexity index is 620. The molecule has 1 unspecified atom stereocenters. The summed E-state index contributed by atoms with van der Waals surface area (Å²) in [7, 11) is -4.77. The second-order valence-corrected chi connectivity index (χ2v) is 15.7. The summed E-state index contributed by atoms with van der Waals surface area (Å²) in [4.78, 5) is 0. The van der Waals surface area contributed by atoms with Crippen LogP contribution >= 0.6 is 0 Å². The van der Waals surface area contributed by atoms with Gasteiger partial charge in [-0.25, -0.2) is 13.1 Å². The van der Waals surface area contributed by atoms with Crippen LogP contribution in [0.3, 0.4) is 0 Å². The second-order valence-electron chi connectivity index (χ2n) is 8.91. The first-order valence-corrected chi connectivity index (χ1v) is 16.1. The van der Waals surface area contributed by atoms with E-state index < -0.39 is 18.1 Å². The molecule has 0 fully saturated rings. The van der Waals surface area contributed by atoms with Crippen molar-refractivity contribution in [1.82, 2.24) is 4.72 Å². The number of hydrogen-bond acceptors (Lipinski definition) is 3. The average molecular weight is 416 g/mol. The van der Waals surface area contributed by atoms with E-state index in [-0.39, 0.29) is 6.04 Å². The summed E-state index contributed by atoms with van der Waals surface area (Å²) in [6.07, 6.45) is 16.6. The Morgan fingerprint density at radius 2 is 1.48 bits per heavy atom. The molecule has 0 radical (unpaired) electrons. The first-order chi connectivity index (χ1) is 12.6. The van der Waals surface area contributed by atoms with E-state index in [1.807, 2.05) is 0 Å². The number of unbranched alkanes of at least 4 members (excludes halogenated alkanes) is 9. The molecule has 0 aliphatic heterocycles. The van der Waals surface area contributed by atoms with Crippen LogP contribution in [0.25, 0.3) is 0 Å². The van der Waals surface area contributed by atoms with E-state index in [4.69, 9.17) is 4.42 Å². The summed E-state index contributed by atoms with van der Waals surface area (Å²) < 4.78 is 32.1. The Morgan fingerprint density at radius 1 is 0.963 bits per heavy atom. The normalized spacial score (nSPS) is 13.8. The Labute approximate surface area is 168 Å². The minimum absolute atomic E-state index is 0.178. The predicted octanol–water partition coefficient (Wildman–Crippen LogP) is 5.73. The fourth-order valence-electron chi connectivity index (χ4n) is 3.31. The van der Waals surface area contributed by atoms with Crippen LogP contribution < -0.4 is 10.1 Å². The Morgan fingerprint density at radius 3 is 1.93 bits per heavy atom. The Balaban J connectivity index is 2.40. The van der Waals surface area contributed by atoms with Crippen molar-refractivity contribution in [3.8, 4) is 0 Å². The lowest BCUT2D eigenvalue weighted by molar-refractivity contribution is 0.498. The SMILES string of the molecule is CCCCCCCCCCCCC(NS(C)(=O)=O)c1coc([Si](C)(C)C)c1. The average Bonchev–Trinajstić information content (AvgIpc) is 3.04. The van der Waals surface area contributed by atoms with Gasteiger partial charge in [0, 0.05) is 11.6 Å². The first-order valence-electron chi connectivity index (χ1n) is 10.7. The maximum Gasteiger partial charge on any atom is 0.209 e. The molecule has 0 amide bonds. The highest BCUT2D eigenvalue weighted by Gasteiger charge is 2.24. The molecule has 0 bridgehead atoms. The van der Waals surface area contributed by atoms with E-state index in [0.717, 1.165) is 30.2 Å². The third-order valence-electron chi connectivity index (χ3n) is 4.96. The van der Waals surface area contributed by atoms with Gasteiger partial charge in [-0.15, -0.1) is 0 Å². The van der Waals surface area contributed by atoms with Crippen LogP contribution in [-0.2, 0) is 10.0 Å². The van der Waals surface area contributed by atoms with Gasteiger partial charge in [-0.2, -0.15) is 0 Å². The third-order valence-corrected chi connectivity index (χ3v) is 7.42. The van der Waals surface area contributed by atoms with Crippen molar-refractivity contribution >= 4 is 23.5 Å². The lowest BCUT2D eigenvalue weighted by Gasteiger charge is -2.16. The van der Waals surface area contributed by atoms with Gasteiger partial charge in [0.05, 0.1) is 17.9 Å². The topological polar surface area (TPSA) is 59.3 Å². The zero-order valence-corrected chi connectivity index (χ0v) is 20.0. The third kappa shape index (κ3) is 11.1. The smallest absolute Gasteiger partial charge is 0.209 e. The van der Waals surface area contributed by atoms with Gasteiger partial charge in [0.1, 0.15) is 8.07 Å². The summed E-state index contributed by atoms with van der Waals surface area (Å²) in [6.45, 7) is 8.95. The van der Waals surface area contributed by atoms with E-state index >= 15 is 0 Å². The van der Waals surface area contributed by atoms with Crippen LogP contribution in [0.15, 0.2) is 16.7 Å². The van der Waals surface area contributed by atoms with E-state index in [0.29, 0.717) is 0 Å². The van der Waals surface area contributed by atoms with Crippen LogP contribution in [0, 0.1) is 0 Å². The summed E-state index contributed by atoms with van der Waals surface area (Å²) >= 11 is 0. The zero-order chi connectivity index (χ0) is 20.3. The molecule has 0 aliphatic carbocycles. The standard InChI is InChI=1S/C21H41NO3SSi/c1-6-7-8-9-10-11-12-13-14-15-16-20(22-26(2,23)24)19-17-21(25-18-19)27(3,4)5/h17-18,20,22H,6-16H2,1-5H3. The fraction of sp³-hybridized carbons (Fsp3) is 0.810. The molecule has 27 heavy (non-hydrogen) atoms. The molecule has 1 rings (SSSR count). The second kappa shape index (κ2) is 12.1. The molecule has 0 saturated carbocycles. The van der Waals surface area contributed by atoms with Gasteiger partial charge in [-0.1, -0.05) is 90.8 Å². The summed E-state index contributed by atoms with van der Waals surface area (Å²) in [5.41, 5.74) is 0.966. The van der Waals surface area contributed by atoms with Gasteiger partial charge in [0.2, 0.25) is 10.0 Å². The van der Waals surface area contributed by atoms with Crippen molar-refractivity contribution in [1.29, 1.82) is 0 Å². The maximum absolute atomic E-state index is 11.8. The zero-order valence-electron chi connectivity index (χ0n) is 18.1. The van der Waals surface area contributed by atoms with E-state index in [9.17, 15) is 8.42 Å². The lowest BCUT2D eigenvalue weighted by atomic mass is 10.0. The van der Waals surface area contributed by atoms with Crippen molar-refractivity contribution in [3.63, 3.8) is 0 Å². The molecule has 1 aromatic heterocycles. The van der Waals surface area contributed by atoms with E-state index in [1.54, 1.807) is 6.26 Å². The molecular formula is C21H41NO3SSi. The maximum atomic E-state index is 11.8. The van der Waals surface area contributed by atoms with Gasteiger partial charge < -0.3 is 4.42 Å². The molecule has 0 spiro atoms. The Hall–Kier alpha value is -0.593. The highest BCUT2D eigenvalue weighted by Crippen LogP contribution is 2.22. The van der Waals surface area contributed by atoms with Crippen molar-refractivity contribution in [3.05, 3.63) is 17.9 Å². The molecule has 1 N–H and O–H groups in total. The molecule has 1 aromatic rings. The number of rotatable bonds is 15. The van der Waals surface area contributed by atoms with Gasteiger partial charge in [-0.05, 0) is 12.5 Å². The van der Waals surface area contributed by atoms with Crippen LogP contribution in [0.4, 0.5) is 0 Å². The highest BCUT2D eigenvalue weighted by molar-refractivity contribution is 7.88. The minimum Gasteiger partial charge on any atom is -0.474 e. The van der Waals surface area contributed by atoms with Crippen LogP contribution in [-0.4, -0.2) is 22.7 Å². The van der Waals surface area contributed by atoms with Crippen LogP contribution in [0.5, 0.6) is 0 Å². The monoisotopic (exact) mass is 415 g/mol. The Kier molecular flexibility index (Phi) is 10.9. The first kappa shape index (κ1) is 24.4. The highest BCUT2D eigenvalue weighted by atomic mass is 32.2. The molecule has 0 aromatic carbocycles. The number of sulfonamides is 1. The van der Waals surface area contributed by atoms with Gasteiger partial charge in [0.15, 0.2) is 0 Å². The minimum atomic E-state index is -3.24.